The van der Waals surface area contributed by atoms with E-state index in [1.807, 2.05) is 6.07 Å². The summed E-state index contributed by atoms with van der Waals surface area (Å²) in [6.45, 7) is 0. The van der Waals surface area contributed by atoms with E-state index in [9.17, 15) is 8.78 Å². The molecule has 0 bridgehead atoms. The van der Waals surface area contributed by atoms with Gasteiger partial charge in [0.1, 0.15) is 11.6 Å². The second-order valence-electron chi connectivity index (χ2n) is 3.85. The van der Waals surface area contributed by atoms with Crippen molar-refractivity contribution in [3.05, 3.63) is 54.1 Å². The minimum atomic E-state index is -0.329. The maximum atomic E-state index is 13.4. The number of nitrogens with two attached hydrogens (primary N) is 1. The predicted octanol–water partition coefficient (Wildman–Crippen LogP) is 4.43. The zero-order chi connectivity index (χ0) is 13.7. The molecule has 0 amide bonds. The highest BCUT2D eigenvalue weighted by Gasteiger charge is 2.02. The average Bonchev–Trinajstić information content (AvgIpc) is 2.35. The number of halogens is 2. The van der Waals surface area contributed by atoms with Crippen molar-refractivity contribution in [1.29, 1.82) is 0 Å². The van der Waals surface area contributed by atoms with Crippen LogP contribution in [-0.4, -0.2) is 11.5 Å². The lowest BCUT2D eigenvalue weighted by molar-refractivity contribution is 0.602. The summed E-state index contributed by atoms with van der Waals surface area (Å²) in [4.78, 5) is 1.44. The van der Waals surface area contributed by atoms with Gasteiger partial charge in [0.15, 0.2) is 0 Å². The fourth-order valence-corrected chi connectivity index (χ4v) is 3.46. The van der Waals surface area contributed by atoms with Crippen LogP contribution >= 0.6 is 23.5 Å². The van der Waals surface area contributed by atoms with E-state index in [2.05, 4.69) is 0 Å². The van der Waals surface area contributed by atoms with Gasteiger partial charge in [0, 0.05) is 27.0 Å². The molecule has 0 saturated heterocycles. The number of hydrogen-bond donors (Lipinski definition) is 1. The number of benzene rings is 2. The molecule has 0 unspecified atom stereocenters. The Kier molecular flexibility index (Phi) is 5.10. The lowest BCUT2D eigenvalue weighted by Gasteiger charge is -2.04. The summed E-state index contributed by atoms with van der Waals surface area (Å²) in [5, 5.41) is 0. The van der Waals surface area contributed by atoms with E-state index in [1.165, 1.54) is 41.7 Å². The molecule has 0 aliphatic heterocycles. The smallest absolute Gasteiger partial charge is 0.136 e. The molecule has 2 N–H and O–H groups in total. The van der Waals surface area contributed by atoms with Crippen molar-refractivity contribution < 1.29 is 8.78 Å². The van der Waals surface area contributed by atoms with Gasteiger partial charge in [-0.2, -0.15) is 0 Å². The Morgan fingerprint density at radius 2 is 1.68 bits per heavy atom. The third-order valence-corrected chi connectivity index (χ3v) is 4.63. The van der Waals surface area contributed by atoms with E-state index in [0.29, 0.717) is 10.6 Å². The van der Waals surface area contributed by atoms with E-state index in [1.54, 1.807) is 18.2 Å². The van der Waals surface area contributed by atoms with Gasteiger partial charge in [-0.3, -0.25) is 0 Å². The van der Waals surface area contributed by atoms with E-state index < -0.39 is 0 Å². The van der Waals surface area contributed by atoms with Crippen LogP contribution < -0.4 is 5.73 Å². The summed E-state index contributed by atoms with van der Waals surface area (Å²) in [5.74, 6) is 0.987. The molecular weight excluding hydrogens is 284 g/mol. The van der Waals surface area contributed by atoms with Gasteiger partial charge in [0.25, 0.3) is 0 Å². The summed E-state index contributed by atoms with van der Waals surface area (Å²) in [6.07, 6.45) is 0. The van der Waals surface area contributed by atoms with E-state index in [4.69, 9.17) is 5.73 Å². The van der Waals surface area contributed by atoms with Gasteiger partial charge in [-0.1, -0.05) is 12.1 Å². The molecule has 2 aromatic rings. The third kappa shape index (κ3) is 4.44. The highest BCUT2D eigenvalue weighted by molar-refractivity contribution is 8.03. The summed E-state index contributed by atoms with van der Waals surface area (Å²) < 4.78 is 26.5. The van der Waals surface area contributed by atoms with Gasteiger partial charge in [-0.25, -0.2) is 8.78 Å². The third-order valence-electron chi connectivity index (χ3n) is 2.34. The van der Waals surface area contributed by atoms with Crippen LogP contribution in [0.5, 0.6) is 0 Å². The summed E-state index contributed by atoms with van der Waals surface area (Å²) in [6, 6.07) is 11.2. The molecule has 0 radical (unpaired) electrons. The Hall–Kier alpha value is -1.20. The first kappa shape index (κ1) is 14.2. The first-order valence-electron chi connectivity index (χ1n) is 5.71. The average molecular weight is 297 g/mol. The summed E-state index contributed by atoms with van der Waals surface area (Å²) >= 11 is 2.96. The molecular formula is C14H13F2NS2. The van der Waals surface area contributed by atoms with Gasteiger partial charge in [-0.15, -0.1) is 23.5 Å². The van der Waals surface area contributed by atoms with Crippen molar-refractivity contribution in [3.8, 4) is 0 Å². The van der Waals surface area contributed by atoms with Crippen molar-refractivity contribution in [1.82, 2.24) is 0 Å². The standard InChI is InChI=1S/C14H13F2NS2/c15-10-7-11(17)9-12(8-10)18-5-6-19-14-4-2-1-3-13(14)16/h1-4,7-9H,5-6,17H2. The second-order valence-corrected chi connectivity index (χ2v) is 6.15. The maximum absolute atomic E-state index is 13.4. The Bertz CT molecular complexity index is 541. The normalized spacial score (nSPS) is 10.6. The van der Waals surface area contributed by atoms with Crippen LogP contribution in [0, 0.1) is 11.6 Å². The Balaban J connectivity index is 1.82. The highest BCUT2D eigenvalue weighted by atomic mass is 32.2. The van der Waals surface area contributed by atoms with Gasteiger partial charge in [0.05, 0.1) is 0 Å². The predicted molar refractivity (Wildman–Crippen MR) is 78.7 cm³/mol. The lowest BCUT2D eigenvalue weighted by Crippen LogP contribution is -1.90. The molecule has 100 valence electrons. The number of nitrogen functional groups attached to an aromatic ring is 1. The fraction of sp³-hybridized carbons (Fsp3) is 0.143. The fourth-order valence-electron chi connectivity index (χ4n) is 1.54. The molecule has 0 aliphatic carbocycles. The molecule has 5 heteroatoms. The van der Waals surface area contributed by atoms with Crippen LogP contribution in [0.3, 0.4) is 0 Å². The number of thioether (sulfide) groups is 2. The maximum Gasteiger partial charge on any atom is 0.136 e. The molecule has 2 aromatic carbocycles. The van der Waals surface area contributed by atoms with Crippen molar-refractivity contribution in [3.63, 3.8) is 0 Å². The summed E-state index contributed by atoms with van der Waals surface area (Å²) in [7, 11) is 0. The minimum absolute atomic E-state index is 0.201. The molecule has 0 atom stereocenters. The zero-order valence-electron chi connectivity index (χ0n) is 10.1. The molecule has 0 fully saturated rings. The Labute approximate surface area is 119 Å². The van der Waals surface area contributed by atoms with E-state index >= 15 is 0 Å². The molecule has 0 heterocycles. The number of anilines is 1. The van der Waals surface area contributed by atoms with Crippen molar-refractivity contribution in [2.75, 3.05) is 17.2 Å². The van der Waals surface area contributed by atoms with Crippen LogP contribution in [0.4, 0.5) is 14.5 Å². The largest absolute Gasteiger partial charge is 0.399 e. The minimum Gasteiger partial charge on any atom is -0.399 e. The Morgan fingerprint density at radius 1 is 0.947 bits per heavy atom. The lowest BCUT2D eigenvalue weighted by atomic mass is 10.3. The van der Waals surface area contributed by atoms with Crippen LogP contribution in [0.15, 0.2) is 52.3 Å². The SMILES string of the molecule is Nc1cc(F)cc(SCCSc2ccccc2F)c1. The molecule has 0 aromatic heterocycles. The molecule has 1 nitrogen and oxygen atoms in total. The van der Waals surface area contributed by atoms with Gasteiger partial charge in [0.2, 0.25) is 0 Å². The summed E-state index contributed by atoms with van der Waals surface area (Å²) in [5.41, 5.74) is 5.99. The van der Waals surface area contributed by atoms with Gasteiger partial charge >= 0.3 is 0 Å². The first-order chi connectivity index (χ1) is 9.15. The van der Waals surface area contributed by atoms with Gasteiger partial charge < -0.3 is 5.73 Å². The van der Waals surface area contributed by atoms with Crippen LogP contribution in [0.25, 0.3) is 0 Å². The first-order valence-corrected chi connectivity index (χ1v) is 7.68. The van der Waals surface area contributed by atoms with Crippen molar-refractivity contribution >= 4 is 29.2 Å². The molecule has 0 aliphatic rings. The van der Waals surface area contributed by atoms with Crippen molar-refractivity contribution in [2.24, 2.45) is 0 Å². The monoisotopic (exact) mass is 297 g/mol. The molecule has 0 saturated carbocycles. The van der Waals surface area contributed by atoms with Crippen LogP contribution in [-0.2, 0) is 0 Å². The Morgan fingerprint density at radius 3 is 2.42 bits per heavy atom. The molecule has 0 spiro atoms. The molecule has 2 rings (SSSR count). The molecule has 19 heavy (non-hydrogen) atoms. The number of rotatable bonds is 5. The number of hydrogen-bond acceptors (Lipinski definition) is 3. The van der Waals surface area contributed by atoms with Crippen LogP contribution in [0.2, 0.25) is 0 Å². The highest BCUT2D eigenvalue weighted by Crippen LogP contribution is 2.26. The second kappa shape index (κ2) is 6.82. The topological polar surface area (TPSA) is 26.0 Å². The van der Waals surface area contributed by atoms with Gasteiger partial charge in [-0.05, 0) is 30.3 Å². The zero-order valence-corrected chi connectivity index (χ0v) is 11.7. The van der Waals surface area contributed by atoms with E-state index in [-0.39, 0.29) is 11.6 Å². The van der Waals surface area contributed by atoms with Crippen molar-refractivity contribution in [2.45, 2.75) is 9.79 Å². The van der Waals surface area contributed by atoms with Crippen LogP contribution in [0.1, 0.15) is 0 Å². The quantitative estimate of drug-likeness (QED) is 0.502. The van der Waals surface area contributed by atoms with E-state index in [0.717, 1.165) is 16.4 Å².